The first kappa shape index (κ1) is 16.6. The smallest absolute Gasteiger partial charge is 0.256 e. The van der Waals surface area contributed by atoms with Gasteiger partial charge in [-0.3, -0.25) is 9.69 Å². The van der Waals surface area contributed by atoms with Gasteiger partial charge in [0.1, 0.15) is 0 Å². The summed E-state index contributed by atoms with van der Waals surface area (Å²) in [5.74, 6) is 1.43. The van der Waals surface area contributed by atoms with Crippen molar-refractivity contribution >= 4 is 11.8 Å². The zero-order chi connectivity index (χ0) is 17.2. The number of hydrogen-bond acceptors (Lipinski definition) is 6. The summed E-state index contributed by atoms with van der Waals surface area (Å²) < 4.78 is 5.91. The van der Waals surface area contributed by atoms with Gasteiger partial charge in [-0.15, -0.1) is 0 Å². The Hall–Kier alpha value is -1.86. The molecule has 0 aromatic carbocycles. The molecule has 132 valence electrons. The highest BCUT2D eigenvalue weighted by Crippen LogP contribution is 2.30. The SMILES string of the molecule is CSc1nc2c(c(=O)[nH]1)CN(Cc1cccnc1OCC1CC1)CC2. The average Bonchev–Trinajstić information content (AvgIpc) is 3.46. The lowest BCUT2D eigenvalue weighted by atomic mass is 10.1. The molecule has 0 unspecified atom stereocenters. The average molecular weight is 358 g/mol. The molecule has 2 aromatic rings. The molecule has 25 heavy (non-hydrogen) atoms. The molecular formula is C18H22N4O2S. The summed E-state index contributed by atoms with van der Waals surface area (Å²) in [5.41, 5.74) is 2.78. The van der Waals surface area contributed by atoms with Crippen LogP contribution in [0.5, 0.6) is 5.88 Å². The van der Waals surface area contributed by atoms with Gasteiger partial charge in [0.15, 0.2) is 5.16 Å². The Labute approximate surface area is 151 Å². The van der Waals surface area contributed by atoms with Crippen molar-refractivity contribution in [1.82, 2.24) is 19.9 Å². The highest BCUT2D eigenvalue weighted by Gasteiger charge is 2.24. The summed E-state index contributed by atoms with van der Waals surface area (Å²) in [7, 11) is 0. The fourth-order valence-corrected chi connectivity index (χ4v) is 3.48. The maximum atomic E-state index is 12.3. The number of thioether (sulfide) groups is 1. The van der Waals surface area contributed by atoms with Crippen molar-refractivity contribution in [2.75, 3.05) is 19.4 Å². The maximum Gasteiger partial charge on any atom is 0.256 e. The van der Waals surface area contributed by atoms with E-state index < -0.39 is 0 Å². The molecule has 6 nitrogen and oxygen atoms in total. The van der Waals surface area contributed by atoms with Crippen LogP contribution in [0.15, 0.2) is 28.3 Å². The van der Waals surface area contributed by atoms with E-state index in [9.17, 15) is 4.79 Å². The van der Waals surface area contributed by atoms with Gasteiger partial charge in [0, 0.05) is 37.8 Å². The lowest BCUT2D eigenvalue weighted by Gasteiger charge is -2.28. The molecule has 1 aliphatic heterocycles. The van der Waals surface area contributed by atoms with Crippen molar-refractivity contribution < 1.29 is 4.74 Å². The van der Waals surface area contributed by atoms with Crippen LogP contribution in [0.4, 0.5) is 0 Å². The summed E-state index contributed by atoms with van der Waals surface area (Å²) in [6.45, 7) is 2.99. The second-order valence-corrected chi connectivity index (χ2v) is 7.48. The molecule has 1 saturated carbocycles. The summed E-state index contributed by atoms with van der Waals surface area (Å²) in [5, 5.41) is 0.695. The first-order valence-electron chi connectivity index (χ1n) is 8.68. The molecule has 1 aliphatic carbocycles. The van der Waals surface area contributed by atoms with Gasteiger partial charge in [-0.1, -0.05) is 17.8 Å². The van der Waals surface area contributed by atoms with E-state index in [1.54, 1.807) is 6.20 Å². The van der Waals surface area contributed by atoms with Gasteiger partial charge in [-0.25, -0.2) is 9.97 Å². The molecular weight excluding hydrogens is 336 g/mol. The van der Waals surface area contributed by atoms with Gasteiger partial charge in [0.25, 0.3) is 5.56 Å². The van der Waals surface area contributed by atoms with E-state index in [4.69, 9.17) is 4.74 Å². The Balaban J connectivity index is 1.48. The predicted octanol–water partition coefficient (Wildman–Crippen LogP) is 2.23. The van der Waals surface area contributed by atoms with E-state index in [-0.39, 0.29) is 5.56 Å². The molecule has 0 bridgehead atoms. The molecule has 0 amide bonds. The predicted molar refractivity (Wildman–Crippen MR) is 96.9 cm³/mol. The minimum absolute atomic E-state index is 0.0181. The first-order chi connectivity index (χ1) is 12.2. The molecule has 1 N–H and O–H groups in total. The topological polar surface area (TPSA) is 71.1 Å². The summed E-state index contributed by atoms with van der Waals surface area (Å²) in [6, 6.07) is 4.00. The van der Waals surface area contributed by atoms with Crippen LogP contribution in [0.25, 0.3) is 0 Å². The normalized spacial score (nSPS) is 17.3. The molecule has 0 radical (unpaired) electrons. The summed E-state index contributed by atoms with van der Waals surface area (Å²) in [4.78, 5) is 26.4. The van der Waals surface area contributed by atoms with Crippen LogP contribution in [0.2, 0.25) is 0 Å². The van der Waals surface area contributed by atoms with E-state index in [0.29, 0.717) is 17.6 Å². The summed E-state index contributed by atoms with van der Waals surface area (Å²) >= 11 is 1.47. The third kappa shape index (κ3) is 3.88. The molecule has 2 aliphatic rings. The fourth-order valence-electron chi connectivity index (χ4n) is 3.09. The standard InChI is InChI=1S/C18H22N4O2S/c1-25-18-20-15-6-8-22(10-14(15)16(23)21-18)9-13-3-2-7-19-17(13)24-11-12-4-5-12/h2-3,7,12H,4-6,8-11H2,1H3,(H,20,21,23). The van der Waals surface area contributed by atoms with Crippen molar-refractivity contribution in [3.05, 3.63) is 45.5 Å². The lowest BCUT2D eigenvalue weighted by molar-refractivity contribution is 0.229. The van der Waals surface area contributed by atoms with Crippen molar-refractivity contribution in [2.24, 2.45) is 5.92 Å². The van der Waals surface area contributed by atoms with E-state index >= 15 is 0 Å². The van der Waals surface area contributed by atoms with Gasteiger partial charge in [-0.05, 0) is 31.1 Å². The Morgan fingerprint density at radius 2 is 2.32 bits per heavy atom. The second kappa shape index (κ2) is 7.17. The number of nitrogens with zero attached hydrogens (tertiary/aromatic N) is 3. The third-order valence-corrected chi connectivity index (χ3v) is 5.30. The molecule has 3 heterocycles. The van der Waals surface area contributed by atoms with Crippen LogP contribution >= 0.6 is 11.8 Å². The number of hydrogen-bond donors (Lipinski definition) is 1. The van der Waals surface area contributed by atoms with E-state index in [1.165, 1.54) is 24.6 Å². The van der Waals surface area contributed by atoms with Gasteiger partial charge in [0.2, 0.25) is 5.88 Å². The van der Waals surface area contributed by atoms with Crippen LogP contribution in [-0.4, -0.2) is 39.3 Å². The third-order valence-electron chi connectivity index (χ3n) is 4.72. The van der Waals surface area contributed by atoms with Crippen LogP contribution in [-0.2, 0) is 19.5 Å². The van der Waals surface area contributed by atoms with Crippen LogP contribution in [0.3, 0.4) is 0 Å². The van der Waals surface area contributed by atoms with E-state index in [0.717, 1.165) is 48.8 Å². The van der Waals surface area contributed by atoms with Crippen LogP contribution < -0.4 is 10.3 Å². The number of ether oxygens (including phenoxy) is 1. The number of aromatic amines is 1. The number of H-pyrrole nitrogens is 1. The zero-order valence-electron chi connectivity index (χ0n) is 14.3. The lowest BCUT2D eigenvalue weighted by Crippen LogP contribution is -2.35. The zero-order valence-corrected chi connectivity index (χ0v) is 15.1. The van der Waals surface area contributed by atoms with Gasteiger partial charge >= 0.3 is 0 Å². The molecule has 4 rings (SSSR count). The Morgan fingerprint density at radius 3 is 3.12 bits per heavy atom. The fraction of sp³-hybridized carbons (Fsp3) is 0.500. The highest BCUT2D eigenvalue weighted by molar-refractivity contribution is 7.98. The summed E-state index contributed by atoms with van der Waals surface area (Å²) in [6.07, 6.45) is 7.02. The van der Waals surface area contributed by atoms with Crippen molar-refractivity contribution in [2.45, 2.75) is 37.5 Å². The minimum atomic E-state index is -0.0181. The number of fused-ring (bicyclic) bond motifs is 1. The van der Waals surface area contributed by atoms with Crippen molar-refractivity contribution in [1.29, 1.82) is 0 Å². The second-order valence-electron chi connectivity index (χ2n) is 6.68. The Kier molecular flexibility index (Phi) is 4.76. The van der Waals surface area contributed by atoms with E-state index in [2.05, 4.69) is 25.9 Å². The maximum absolute atomic E-state index is 12.3. The Bertz CT molecular complexity index is 819. The van der Waals surface area contributed by atoms with Gasteiger partial charge in [0.05, 0.1) is 17.9 Å². The van der Waals surface area contributed by atoms with Crippen molar-refractivity contribution in [3.8, 4) is 5.88 Å². The van der Waals surface area contributed by atoms with Crippen LogP contribution in [0.1, 0.15) is 29.7 Å². The first-order valence-corrected chi connectivity index (χ1v) is 9.90. The molecule has 2 aromatic heterocycles. The van der Waals surface area contributed by atoms with E-state index in [1.807, 2.05) is 12.3 Å². The number of pyridine rings is 1. The van der Waals surface area contributed by atoms with Crippen LogP contribution in [0, 0.1) is 5.92 Å². The number of nitrogens with one attached hydrogen (secondary N) is 1. The molecule has 0 saturated heterocycles. The molecule has 1 fully saturated rings. The quantitative estimate of drug-likeness (QED) is 0.631. The molecule has 0 atom stereocenters. The number of rotatable bonds is 6. The molecule has 7 heteroatoms. The van der Waals surface area contributed by atoms with Gasteiger partial charge < -0.3 is 9.72 Å². The van der Waals surface area contributed by atoms with Crippen molar-refractivity contribution in [3.63, 3.8) is 0 Å². The monoisotopic (exact) mass is 358 g/mol. The molecule has 0 spiro atoms. The largest absolute Gasteiger partial charge is 0.477 e. The van der Waals surface area contributed by atoms with Gasteiger partial charge in [-0.2, -0.15) is 0 Å². The number of aromatic nitrogens is 3. The Morgan fingerprint density at radius 1 is 1.44 bits per heavy atom. The minimum Gasteiger partial charge on any atom is -0.477 e. The highest BCUT2D eigenvalue weighted by atomic mass is 32.2.